The molecule has 0 aromatic heterocycles. The zero-order chi connectivity index (χ0) is 11.5. The van der Waals surface area contributed by atoms with Gasteiger partial charge in [-0.05, 0) is 24.6 Å². The monoisotopic (exact) mass is 228 g/mol. The standard InChI is InChI=1S/C10H12O4S/c1-2-6-15(13,14)9-5-3-4-8(7-9)10(11)12/h3-5,7H,2,6H2,1H3,(H,11,12). The molecular formula is C10H12O4S. The molecule has 0 saturated carbocycles. The van der Waals surface area contributed by atoms with Gasteiger partial charge in [0, 0.05) is 0 Å². The van der Waals surface area contributed by atoms with Crippen molar-refractivity contribution in [2.75, 3.05) is 5.75 Å². The van der Waals surface area contributed by atoms with E-state index in [1.807, 2.05) is 0 Å². The highest BCUT2D eigenvalue weighted by Gasteiger charge is 2.14. The number of carbonyl (C=O) groups is 1. The summed E-state index contributed by atoms with van der Waals surface area (Å²) in [6.45, 7) is 1.76. The van der Waals surface area contributed by atoms with Crippen molar-refractivity contribution >= 4 is 15.8 Å². The average Bonchev–Trinajstić information content (AvgIpc) is 2.18. The summed E-state index contributed by atoms with van der Waals surface area (Å²) in [6, 6.07) is 5.41. The Hall–Kier alpha value is -1.36. The number of sulfone groups is 1. The van der Waals surface area contributed by atoms with E-state index in [2.05, 4.69) is 0 Å². The van der Waals surface area contributed by atoms with Crippen LogP contribution < -0.4 is 0 Å². The van der Waals surface area contributed by atoms with Crippen LogP contribution in [0.3, 0.4) is 0 Å². The minimum Gasteiger partial charge on any atom is -0.478 e. The Kier molecular flexibility index (Phi) is 3.47. The lowest BCUT2D eigenvalue weighted by Gasteiger charge is -2.03. The van der Waals surface area contributed by atoms with Gasteiger partial charge in [-0.3, -0.25) is 0 Å². The van der Waals surface area contributed by atoms with Crippen LogP contribution in [0, 0.1) is 0 Å². The Morgan fingerprint density at radius 1 is 1.40 bits per heavy atom. The summed E-state index contributed by atoms with van der Waals surface area (Å²) in [7, 11) is -3.33. The van der Waals surface area contributed by atoms with Crippen LogP contribution in [0.2, 0.25) is 0 Å². The van der Waals surface area contributed by atoms with E-state index in [1.54, 1.807) is 6.92 Å². The van der Waals surface area contributed by atoms with Crippen molar-refractivity contribution < 1.29 is 18.3 Å². The normalized spacial score (nSPS) is 11.3. The van der Waals surface area contributed by atoms with E-state index in [0.29, 0.717) is 6.42 Å². The molecule has 1 rings (SSSR count). The molecule has 0 atom stereocenters. The SMILES string of the molecule is CCCS(=O)(=O)c1cccc(C(=O)O)c1. The molecule has 0 aliphatic carbocycles. The third-order valence-corrected chi connectivity index (χ3v) is 3.83. The summed E-state index contributed by atoms with van der Waals surface area (Å²) in [4.78, 5) is 10.7. The minimum absolute atomic E-state index is 0.00724. The third kappa shape index (κ3) is 2.79. The lowest BCUT2D eigenvalue weighted by Crippen LogP contribution is -2.07. The highest BCUT2D eigenvalue weighted by molar-refractivity contribution is 7.91. The van der Waals surface area contributed by atoms with E-state index < -0.39 is 15.8 Å². The van der Waals surface area contributed by atoms with Crippen LogP contribution in [0.4, 0.5) is 0 Å². The maximum atomic E-state index is 11.6. The third-order valence-electron chi connectivity index (χ3n) is 1.91. The van der Waals surface area contributed by atoms with Crippen LogP contribution in [0.5, 0.6) is 0 Å². The Morgan fingerprint density at radius 2 is 2.07 bits per heavy atom. The van der Waals surface area contributed by atoms with Gasteiger partial charge in [-0.25, -0.2) is 13.2 Å². The fourth-order valence-corrected chi connectivity index (χ4v) is 2.57. The van der Waals surface area contributed by atoms with Gasteiger partial charge < -0.3 is 5.11 Å². The van der Waals surface area contributed by atoms with Crippen LogP contribution in [0.25, 0.3) is 0 Å². The average molecular weight is 228 g/mol. The summed E-state index contributed by atoms with van der Waals surface area (Å²) in [5.41, 5.74) is -0.00724. The Bertz CT molecular complexity index is 462. The Balaban J connectivity index is 3.16. The van der Waals surface area contributed by atoms with Gasteiger partial charge in [0.05, 0.1) is 16.2 Å². The molecule has 5 heteroatoms. The lowest BCUT2D eigenvalue weighted by atomic mass is 10.2. The zero-order valence-electron chi connectivity index (χ0n) is 8.30. The number of carboxylic acids is 1. The van der Waals surface area contributed by atoms with Crippen LogP contribution in [0.1, 0.15) is 23.7 Å². The molecule has 1 aromatic rings. The van der Waals surface area contributed by atoms with Gasteiger partial charge in [0.15, 0.2) is 9.84 Å². The highest BCUT2D eigenvalue weighted by atomic mass is 32.2. The first-order valence-corrected chi connectivity index (χ1v) is 6.18. The van der Waals surface area contributed by atoms with E-state index in [0.717, 1.165) is 0 Å². The first kappa shape index (κ1) is 11.7. The van der Waals surface area contributed by atoms with Gasteiger partial charge in [-0.15, -0.1) is 0 Å². The van der Waals surface area contributed by atoms with E-state index in [9.17, 15) is 13.2 Å². The van der Waals surface area contributed by atoms with Gasteiger partial charge in [-0.1, -0.05) is 13.0 Å². The predicted octanol–water partition coefficient (Wildman–Crippen LogP) is 1.57. The van der Waals surface area contributed by atoms with Crippen molar-refractivity contribution in [2.24, 2.45) is 0 Å². The molecule has 0 radical (unpaired) electrons. The van der Waals surface area contributed by atoms with Crippen LogP contribution in [-0.2, 0) is 9.84 Å². The zero-order valence-corrected chi connectivity index (χ0v) is 9.12. The maximum absolute atomic E-state index is 11.6. The Morgan fingerprint density at radius 3 is 2.60 bits per heavy atom. The molecule has 82 valence electrons. The fraction of sp³-hybridized carbons (Fsp3) is 0.300. The first-order valence-electron chi connectivity index (χ1n) is 4.53. The minimum atomic E-state index is -3.33. The first-order chi connectivity index (χ1) is 6.97. The molecule has 0 amide bonds. The van der Waals surface area contributed by atoms with Gasteiger partial charge >= 0.3 is 5.97 Å². The van der Waals surface area contributed by atoms with Crippen molar-refractivity contribution in [3.8, 4) is 0 Å². The quantitative estimate of drug-likeness (QED) is 0.849. The summed E-state index contributed by atoms with van der Waals surface area (Å²) in [5.74, 6) is -1.08. The fourth-order valence-electron chi connectivity index (χ4n) is 1.21. The molecule has 0 aliphatic rings. The second-order valence-corrected chi connectivity index (χ2v) is 5.26. The highest BCUT2D eigenvalue weighted by Crippen LogP contribution is 2.14. The molecule has 0 saturated heterocycles. The molecule has 0 aliphatic heterocycles. The number of hydrogen-bond acceptors (Lipinski definition) is 3. The van der Waals surface area contributed by atoms with Crippen molar-refractivity contribution in [1.29, 1.82) is 0 Å². The summed E-state index contributed by atoms with van der Waals surface area (Å²) in [6.07, 6.45) is 0.514. The molecule has 1 aromatic carbocycles. The van der Waals surface area contributed by atoms with Gasteiger partial charge in [0.1, 0.15) is 0 Å². The summed E-state index contributed by atoms with van der Waals surface area (Å²) >= 11 is 0. The van der Waals surface area contributed by atoms with Crippen LogP contribution in [-0.4, -0.2) is 25.2 Å². The number of hydrogen-bond donors (Lipinski definition) is 1. The largest absolute Gasteiger partial charge is 0.478 e. The van der Waals surface area contributed by atoms with Crippen molar-refractivity contribution in [1.82, 2.24) is 0 Å². The lowest BCUT2D eigenvalue weighted by molar-refractivity contribution is 0.0696. The molecule has 1 N–H and O–H groups in total. The van der Waals surface area contributed by atoms with Gasteiger partial charge in [0.25, 0.3) is 0 Å². The Labute approximate surface area is 88.5 Å². The molecule has 0 unspecified atom stereocenters. The summed E-state index contributed by atoms with van der Waals surface area (Å²) < 4.78 is 23.2. The molecule has 15 heavy (non-hydrogen) atoms. The van der Waals surface area contributed by atoms with Crippen LogP contribution in [0.15, 0.2) is 29.2 Å². The number of aromatic carboxylic acids is 1. The van der Waals surface area contributed by atoms with E-state index in [-0.39, 0.29) is 16.2 Å². The van der Waals surface area contributed by atoms with Crippen molar-refractivity contribution in [2.45, 2.75) is 18.2 Å². The topological polar surface area (TPSA) is 71.4 Å². The molecule has 4 nitrogen and oxygen atoms in total. The molecule has 0 spiro atoms. The smallest absolute Gasteiger partial charge is 0.335 e. The number of carboxylic acid groups (broad SMARTS) is 1. The second-order valence-electron chi connectivity index (χ2n) is 3.15. The number of benzene rings is 1. The van der Waals surface area contributed by atoms with Gasteiger partial charge in [-0.2, -0.15) is 0 Å². The molecular weight excluding hydrogens is 216 g/mol. The van der Waals surface area contributed by atoms with Crippen molar-refractivity contribution in [3.05, 3.63) is 29.8 Å². The molecule has 0 bridgehead atoms. The van der Waals surface area contributed by atoms with Crippen LogP contribution >= 0.6 is 0 Å². The van der Waals surface area contributed by atoms with Crippen molar-refractivity contribution in [3.63, 3.8) is 0 Å². The second kappa shape index (κ2) is 4.44. The van der Waals surface area contributed by atoms with E-state index >= 15 is 0 Å². The van der Waals surface area contributed by atoms with Gasteiger partial charge in [0.2, 0.25) is 0 Å². The predicted molar refractivity (Wildman–Crippen MR) is 55.7 cm³/mol. The molecule has 0 fully saturated rings. The van der Waals surface area contributed by atoms with E-state index in [1.165, 1.54) is 24.3 Å². The maximum Gasteiger partial charge on any atom is 0.335 e. The van der Waals surface area contributed by atoms with E-state index in [4.69, 9.17) is 5.11 Å². The summed E-state index contributed by atoms with van der Waals surface area (Å²) in [5, 5.41) is 8.71. The molecule has 0 heterocycles. The number of rotatable bonds is 4.